The Balaban J connectivity index is 1.72. The lowest BCUT2D eigenvalue weighted by molar-refractivity contribution is 0.443. The first-order valence-corrected chi connectivity index (χ1v) is 5.41. The number of nitrogens with one attached hydrogen (secondary N) is 1. The van der Waals surface area contributed by atoms with Gasteiger partial charge in [0.1, 0.15) is 11.5 Å². The van der Waals surface area contributed by atoms with Gasteiger partial charge in [0.25, 0.3) is 0 Å². The van der Waals surface area contributed by atoms with E-state index in [1.54, 1.807) is 6.26 Å². The smallest absolute Gasteiger partial charge is 0.208 e. The van der Waals surface area contributed by atoms with Crippen LogP contribution in [0.4, 0.5) is 0 Å². The summed E-state index contributed by atoms with van der Waals surface area (Å²) in [5.74, 6) is 2.63. The van der Waals surface area contributed by atoms with Crippen molar-refractivity contribution in [1.82, 2.24) is 10.3 Å². The van der Waals surface area contributed by atoms with E-state index in [-0.39, 0.29) is 0 Å². The van der Waals surface area contributed by atoms with E-state index < -0.39 is 0 Å². The number of rotatable bonds is 5. The number of furan rings is 1. The van der Waals surface area contributed by atoms with Gasteiger partial charge in [-0.05, 0) is 26.0 Å². The summed E-state index contributed by atoms with van der Waals surface area (Å²) in [6.07, 6.45) is 2.57. The Labute approximate surface area is 94.7 Å². The average Bonchev–Trinajstić information content (AvgIpc) is 2.85. The third-order valence-corrected chi connectivity index (χ3v) is 2.48. The summed E-state index contributed by atoms with van der Waals surface area (Å²) >= 11 is 0. The molecule has 4 heteroatoms. The van der Waals surface area contributed by atoms with Crippen molar-refractivity contribution >= 4 is 0 Å². The van der Waals surface area contributed by atoms with E-state index in [2.05, 4.69) is 10.3 Å². The first kappa shape index (κ1) is 11.0. The zero-order valence-corrected chi connectivity index (χ0v) is 9.62. The fourth-order valence-corrected chi connectivity index (χ4v) is 1.48. The van der Waals surface area contributed by atoms with Crippen LogP contribution >= 0.6 is 0 Å². The summed E-state index contributed by atoms with van der Waals surface area (Å²) in [5, 5.41) is 3.26. The van der Waals surface area contributed by atoms with E-state index in [4.69, 9.17) is 8.83 Å². The fraction of sp³-hybridized carbons (Fsp3) is 0.417. The number of hydrogen-bond donors (Lipinski definition) is 1. The first-order valence-electron chi connectivity index (χ1n) is 5.41. The van der Waals surface area contributed by atoms with E-state index >= 15 is 0 Å². The molecular formula is C12H16N2O2. The van der Waals surface area contributed by atoms with E-state index in [0.29, 0.717) is 6.54 Å². The second-order valence-corrected chi connectivity index (χ2v) is 3.76. The third kappa shape index (κ3) is 2.73. The predicted octanol–water partition coefficient (Wildman–Crippen LogP) is 2.22. The molecule has 0 aromatic carbocycles. The molecule has 86 valence electrons. The number of oxazole rings is 1. The molecule has 4 nitrogen and oxygen atoms in total. The van der Waals surface area contributed by atoms with Crippen LogP contribution in [0, 0.1) is 13.8 Å². The number of aromatic nitrogens is 1. The molecular weight excluding hydrogens is 204 g/mol. The number of nitrogens with zero attached hydrogens (tertiary/aromatic N) is 1. The Morgan fingerprint density at radius 2 is 2.25 bits per heavy atom. The zero-order chi connectivity index (χ0) is 11.4. The zero-order valence-electron chi connectivity index (χ0n) is 9.62. The SMILES string of the molecule is Cc1nc(CNCCc2ccco2)oc1C. The Morgan fingerprint density at radius 3 is 2.88 bits per heavy atom. The molecule has 2 rings (SSSR count). The summed E-state index contributed by atoms with van der Waals surface area (Å²) in [6, 6.07) is 3.87. The summed E-state index contributed by atoms with van der Waals surface area (Å²) in [7, 11) is 0. The second-order valence-electron chi connectivity index (χ2n) is 3.76. The molecule has 0 radical (unpaired) electrons. The van der Waals surface area contributed by atoms with E-state index in [1.165, 1.54) is 0 Å². The molecule has 0 aliphatic carbocycles. The van der Waals surface area contributed by atoms with Crippen LogP contribution in [-0.4, -0.2) is 11.5 Å². The van der Waals surface area contributed by atoms with Crippen molar-refractivity contribution in [1.29, 1.82) is 0 Å². The van der Waals surface area contributed by atoms with Gasteiger partial charge in [-0.15, -0.1) is 0 Å². The molecule has 1 N–H and O–H groups in total. The average molecular weight is 220 g/mol. The van der Waals surface area contributed by atoms with Crippen LogP contribution in [0.3, 0.4) is 0 Å². The van der Waals surface area contributed by atoms with Gasteiger partial charge in [-0.2, -0.15) is 0 Å². The van der Waals surface area contributed by atoms with Crippen molar-refractivity contribution in [2.45, 2.75) is 26.8 Å². The minimum absolute atomic E-state index is 0.662. The lowest BCUT2D eigenvalue weighted by Crippen LogP contribution is -2.16. The normalized spacial score (nSPS) is 10.9. The minimum atomic E-state index is 0.662. The summed E-state index contributed by atoms with van der Waals surface area (Å²) in [6.45, 7) is 5.39. The molecule has 0 unspecified atom stereocenters. The molecule has 0 aliphatic heterocycles. The lowest BCUT2D eigenvalue weighted by atomic mass is 10.3. The lowest BCUT2D eigenvalue weighted by Gasteiger charge is -1.99. The monoisotopic (exact) mass is 220 g/mol. The molecule has 0 bridgehead atoms. The fourth-order valence-electron chi connectivity index (χ4n) is 1.48. The first-order chi connectivity index (χ1) is 7.75. The second kappa shape index (κ2) is 4.99. The molecule has 2 heterocycles. The number of aryl methyl sites for hydroxylation is 2. The molecule has 2 aromatic rings. The molecule has 0 saturated carbocycles. The van der Waals surface area contributed by atoms with Crippen molar-refractivity contribution in [3.63, 3.8) is 0 Å². The van der Waals surface area contributed by atoms with Gasteiger partial charge < -0.3 is 14.2 Å². The highest BCUT2D eigenvalue weighted by Gasteiger charge is 2.04. The van der Waals surface area contributed by atoms with E-state index in [9.17, 15) is 0 Å². The summed E-state index contributed by atoms with van der Waals surface area (Å²) < 4.78 is 10.7. The molecule has 0 spiro atoms. The van der Waals surface area contributed by atoms with Gasteiger partial charge in [0.2, 0.25) is 5.89 Å². The van der Waals surface area contributed by atoms with Gasteiger partial charge in [0.05, 0.1) is 18.5 Å². The highest BCUT2D eigenvalue weighted by molar-refractivity contribution is 5.05. The topological polar surface area (TPSA) is 51.2 Å². The van der Waals surface area contributed by atoms with Crippen molar-refractivity contribution < 1.29 is 8.83 Å². The van der Waals surface area contributed by atoms with Gasteiger partial charge in [-0.25, -0.2) is 4.98 Å². The van der Waals surface area contributed by atoms with E-state index in [0.717, 1.165) is 36.1 Å². The molecule has 16 heavy (non-hydrogen) atoms. The van der Waals surface area contributed by atoms with Crippen molar-refractivity contribution in [2.75, 3.05) is 6.54 Å². The molecule has 0 fully saturated rings. The van der Waals surface area contributed by atoms with E-state index in [1.807, 2.05) is 26.0 Å². The van der Waals surface area contributed by atoms with Crippen LogP contribution < -0.4 is 5.32 Å². The molecule has 0 amide bonds. The summed E-state index contributed by atoms with van der Waals surface area (Å²) in [4.78, 5) is 4.29. The van der Waals surface area contributed by atoms with Crippen LogP contribution in [0.5, 0.6) is 0 Å². The maximum absolute atomic E-state index is 5.45. The van der Waals surface area contributed by atoms with Crippen molar-refractivity contribution in [2.24, 2.45) is 0 Å². The molecule has 2 aromatic heterocycles. The van der Waals surface area contributed by atoms with Crippen LogP contribution in [-0.2, 0) is 13.0 Å². The maximum atomic E-state index is 5.45. The van der Waals surface area contributed by atoms with Crippen LogP contribution in [0.25, 0.3) is 0 Å². The number of hydrogen-bond acceptors (Lipinski definition) is 4. The maximum Gasteiger partial charge on any atom is 0.208 e. The predicted molar refractivity (Wildman–Crippen MR) is 60.1 cm³/mol. The van der Waals surface area contributed by atoms with Gasteiger partial charge >= 0.3 is 0 Å². The van der Waals surface area contributed by atoms with Crippen molar-refractivity contribution in [3.8, 4) is 0 Å². The van der Waals surface area contributed by atoms with Gasteiger partial charge in [-0.1, -0.05) is 0 Å². The van der Waals surface area contributed by atoms with Crippen LogP contribution in [0.1, 0.15) is 23.1 Å². The minimum Gasteiger partial charge on any atom is -0.469 e. The highest BCUT2D eigenvalue weighted by Crippen LogP contribution is 2.07. The Kier molecular flexibility index (Phi) is 3.41. The van der Waals surface area contributed by atoms with Gasteiger partial charge in [0.15, 0.2) is 0 Å². The Bertz CT molecular complexity index is 412. The van der Waals surface area contributed by atoms with Gasteiger partial charge in [-0.3, -0.25) is 0 Å². The standard InChI is InChI=1S/C12H16N2O2/c1-9-10(2)16-12(14-9)8-13-6-5-11-4-3-7-15-11/h3-4,7,13H,5-6,8H2,1-2H3. The molecule has 0 aliphatic rings. The Morgan fingerprint density at radius 1 is 1.38 bits per heavy atom. The largest absolute Gasteiger partial charge is 0.469 e. The van der Waals surface area contributed by atoms with Gasteiger partial charge in [0, 0.05) is 13.0 Å². The molecule has 0 saturated heterocycles. The highest BCUT2D eigenvalue weighted by atomic mass is 16.4. The molecule has 0 atom stereocenters. The third-order valence-electron chi connectivity index (χ3n) is 2.48. The van der Waals surface area contributed by atoms with Crippen LogP contribution in [0.2, 0.25) is 0 Å². The van der Waals surface area contributed by atoms with Crippen molar-refractivity contribution in [3.05, 3.63) is 41.5 Å². The summed E-state index contributed by atoms with van der Waals surface area (Å²) in [5.41, 5.74) is 0.961. The quantitative estimate of drug-likeness (QED) is 0.785. The Hall–Kier alpha value is -1.55. The van der Waals surface area contributed by atoms with Crippen LogP contribution in [0.15, 0.2) is 27.2 Å².